The molecule has 0 radical (unpaired) electrons. The summed E-state index contributed by atoms with van der Waals surface area (Å²) >= 11 is 0. The van der Waals surface area contributed by atoms with Gasteiger partial charge < -0.3 is 20.3 Å². The number of nitrogens with one attached hydrogen (secondary N) is 2. The predicted molar refractivity (Wildman–Crippen MR) is 119 cm³/mol. The molecule has 1 aromatic rings. The lowest BCUT2D eigenvalue weighted by atomic mass is 10.1. The second kappa shape index (κ2) is 11.4. The van der Waals surface area contributed by atoms with Crippen molar-refractivity contribution in [2.45, 2.75) is 78.7 Å². The minimum absolute atomic E-state index is 0.122. The first-order valence-corrected chi connectivity index (χ1v) is 10.9. The number of hydrogen-bond acceptors (Lipinski definition) is 3. The van der Waals surface area contributed by atoms with Crippen molar-refractivity contribution in [3.8, 4) is 0 Å². The van der Waals surface area contributed by atoms with Crippen LogP contribution in [0.3, 0.4) is 0 Å². The molecule has 1 fully saturated rings. The summed E-state index contributed by atoms with van der Waals surface area (Å²) < 4.78 is 5.90. The van der Waals surface area contributed by atoms with E-state index in [-0.39, 0.29) is 5.60 Å². The Kier molecular flexibility index (Phi) is 9.26. The van der Waals surface area contributed by atoms with E-state index in [2.05, 4.69) is 74.4 Å². The molecule has 5 heteroatoms. The summed E-state index contributed by atoms with van der Waals surface area (Å²) in [6.07, 6.45) is 3.61. The number of aliphatic imine (C=N–C) groups is 1. The number of guanidine groups is 1. The zero-order valence-corrected chi connectivity index (χ0v) is 18.6. The Balaban J connectivity index is 1.90. The van der Waals surface area contributed by atoms with Crippen LogP contribution in [0, 0.1) is 0 Å². The van der Waals surface area contributed by atoms with Crippen molar-refractivity contribution in [3.63, 3.8) is 0 Å². The fourth-order valence-electron chi connectivity index (χ4n) is 3.42. The second-order valence-corrected chi connectivity index (χ2v) is 8.68. The first-order chi connectivity index (χ1) is 13.4. The molecule has 1 aliphatic heterocycles. The van der Waals surface area contributed by atoms with E-state index in [1.54, 1.807) is 0 Å². The Morgan fingerprint density at radius 2 is 1.89 bits per heavy atom. The Morgan fingerprint density at radius 1 is 1.18 bits per heavy atom. The lowest BCUT2D eigenvalue weighted by molar-refractivity contribution is -0.0149. The van der Waals surface area contributed by atoms with Crippen molar-refractivity contribution in [2.75, 3.05) is 26.2 Å². The number of rotatable bonds is 8. The number of nitrogens with zero attached hydrogens (tertiary/aromatic N) is 2. The number of benzene rings is 1. The SMILES string of the molecule is CCCN1CCC(NC(=NCc2cccc(COC(C)(C)C)c2)NCC)CC1. The molecule has 0 amide bonds. The summed E-state index contributed by atoms with van der Waals surface area (Å²) in [5.41, 5.74) is 2.29. The van der Waals surface area contributed by atoms with Crippen LogP contribution >= 0.6 is 0 Å². The lowest BCUT2D eigenvalue weighted by Crippen LogP contribution is -2.48. The summed E-state index contributed by atoms with van der Waals surface area (Å²) in [4.78, 5) is 7.39. The van der Waals surface area contributed by atoms with E-state index < -0.39 is 0 Å². The van der Waals surface area contributed by atoms with Crippen molar-refractivity contribution < 1.29 is 4.74 Å². The summed E-state index contributed by atoms with van der Waals surface area (Å²) in [6.45, 7) is 16.4. The van der Waals surface area contributed by atoms with E-state index in [1.165, 1.54) is 50.0 Å². The van der Waals surface area contributed by atoms with E-state index in [0.717, 1.165) is 12.5 Å². The van der Waals surface area contributed by atoms with Crippen LogP contribution in [-0.2, 0) is 17.9 Å². The topological polar surface area (TPSA) is 48.9 Å². The van der Waals surface area contributed by atoms with Gasteiger partial charge in [0.05, 0.1) is 18.8 Å². The highest BCUT2D eigenvalue weighted by atomic mass is 16.5. The maximum Gasteiger partial charge on any atom is 0.191 e. The zero-order valence-electron chi connectivity index (χ0n) is 18.6. The molecule has 0 atom stereocenters. The van der Waals surface area contributed by atoms with E-state index >= 15 is 0 Å². The monoisotopic (exact) mass is 388 g/mol. The van der Waals surface area contributed by atoms with Gasteiger partial charge in [-0.1, -0.05) is 31.2 Å². The van der Waals surface area contributed by atoms with E-state index in [1.807, 2.05) is 0 Å². The summed E-state index contributed by atoms with van der Waals surface area (Å²) in [5.74, 6) is 0.924. The van der Waals surface area contributed by atoms with E-state index in [9.17, 15) is 0 Å². The standard InChI is InChI=1S/C23H40N4O/c1-6-13-27-14-11-21(12-15-27)26-22(24-7-2)25-17-19-9-8-10-20(16-19)18-28-23(3,4)5/h8-10,16,21H,6-7,11-15,17-18H2,1-5H3,(H2,24,25,26). The van der Waals surface area contributed by atoms with Gasteiger partial charge in [-0.25, -0.2) is 4.99 Å². The molecule has 5 nitrogen and oxygen atoms in total. The first-order valence-electron chi connectivity index (χ1n) is 10.9. The molecule has 0 aliphatic carbocycles. The highest BCUT2D eigenvalue weighted by Crippen LogP contribution is 2.14. The van der Waals surface area contributed by atoms with Crippen LogP contribution in [0.5, 0.6) is 0 Å². The van der Waals surface area contributed by atoms with Crippen molar-refractivity contribution in [1.82, 2.24) is 15.5 Å². The number of ether oxygens (including phenoxy) is 1. The largest absolute Gasteiger partial charge is 0.371 e. The molecule has 0 unspecified atom stereocenters. The Bertz CT molecular complexity index is 601. The van der Waals surface area contributed by atoms with E-state index in [4.69, 9.17) is 9.73 Å². The fourth-order valence-corrected chi connectivity index (χ4v) is 3.42. The quantitative estimate of drug-likeness (QED) is 0.523. The van der Waals surface area contributed by atoms with Crippen LogP contribution in [-0.4, -0.2) is 48.7 Å². The molecule has 1 heterocycles. The second-order valence-electron chi connectivity index (χ2n) is 8.68. The summed E-state index contributed by atoms with van der Waals surface area (Å²) in [7, 11) is 0. The maximum absolute atomic E-state index is 5.90. The van der Waals surface area contributed by atoms with E-state index in [0.29, 0.717) is 19.2 Å². The van der Waals surface area contributed by atoms with Crippen molar-refractivity contribution in [2.24, 2.45) is 4.99 Å². The van der Waals surface area contributed by atoms with Crippen LogP contribution in [0.15, 0.2) is 29.3 Å². The maximum atomic E-state index is 5.90. The third-order valence-corrected chi connectivity index (χ3v) is 4.90. The van der Waals surface area contributed by atoms with Gasteiger partial charge >= 0.3 is 0 Å². The third kappa shape index (κ3) is 8.61. The molecule has 1 saturated heterocycles. The Labute approximate surface area is 171 Å². The van der Waals surface area contributed by atoms with Crippen LogP contribution in [0.1, 0.15) is 65.0 Å². The number of likely N-dealkylation sites (tertiary alicyclic amines) is 1. The average molecular weight is 389 g/mol. The van der Waals surface area contributed by atoms with Gasteiger partial charge in [-0.3, -0.25) is 0 Å². The highest BCUT2D eigenvalue weighted by Gasteiger charge is 2.19. The molecule has 0 aromatic heterocycles. The lowest BCUT2D eigenvalue weighted by Gasteiger charge is -2.32. The van der Waals surface area contributed by atoms with Crippen LogP contribution in [0.2, 0.25) is 0 Å². The van der Waals surface area contributed by atoms with Gasteiger partial charge in [0.25, 0.3) is 0 Å². The molecule has 0 bridgehead atoms. The molecular formula is C23H40N4O. The molecule has 0 saturated carbocycles. The van der Waals surface area contributed by atoms with Gasteiger partial charge in [-0.05, 0) is 64.6 Å². The number of piperidine rings is 1. The zero-order chi connectivity index (χ0) is 20.4. The van der Waals surface area contributed by atoms with Gasteiger partial charge in [-0.15, -0.1) is 0 Å². The summed E-state index contributed by atoms with van der Waals surface area (Å²) in [6, 6.07) is 9.05. The highest BCUT2D eigenvalue weighted by molar-refractivity contribution is 5.80. The van der Waals surface area contributed by atoms with Crippen molar-refractivity contribution in [1.29, 1.82) is 0 Å². The normalized spacial score (nSPS) is 17.0. The molecule has 2 N–H and O–H groups in total. The van der Waals surface area contributed by atoms with Gasteiger partial charge in [0, 0.05) is 25.7 Å². The van der Waals surface area contributed by atoms with Gasteiger partial charge in [0.1, 0.15) is 0 Å². The molecule has 1 aliphatic rings. The first kappa shape index (κ1) is 22.7. The molecule has 158 valence electrons. The minimum atomic E-state index is -0.122. The molecule has 1 aromatic carbocycles. The van der Waals surface area contributed by atoms with Crippen molar-refractivity contribution >= 4 is 5.96 Å². The molecule has 28 heavy (non-hydrogen) atoms. The van der Waals surface area contributed by atoms with Crippen LogP contribution in [0.4, 0.5) is 0 Å². The van der Waals surface area contributed by atoms with Gasteiger partial charge in [0.2, 0.25) is 0 Å². The molecular weight excluding hydrogens is 348 g/mol. The van der Waals surface area contributed by atoms with Crippen molar-refractivity contribution in [3.05, 3.63) is 35.4 Å². The molecule has 2 rings (SSSR count). The van der Waals surface area contributed by atoms with Gasteiger partial charge in [0.15, 0.2) is 5.96 Å². The van der Waals surface area contributed by atoms with Crippen LogP contribution in [0.25, 0.3) is 0 Å². The van der Waals surface area contributed by atoms with Gasteiger partial charge in [-0.2, -0.15) is 0 Å². The predicted octanol–water partition coefficient (Wildman–Crippen LogP) is 3.93. The Morgan fingerprint density at radius 3 is 2.54 bits per heavy atom. The average Bonchev–Trinajstić information content (AvgIpc) is 2.66. The summed E-state index contributed by atoms with van der Waals surface area (Å²) in [5, 5.41) is 7.03. The van der Waals surface area contributed by atoms with Crippen LogP contribution < -0.4 is 10.6 Å². The number of hydrogen-bond donors (Lipinski definition) is 2. The smallest absolute Gasteiger partial charge is 0.191 e. The Hall–Kier alpha value is -1.59. The fraction of sp³-hybridized carbons (Fsp3) is 0.696. The third-order valence-electron chi connectivity index (χ3n) is 4.90. The molecule has 0 spiro atoms. The minimum Gasteiger partial charge on any atom is -0.371 e.